The fourth-order valence-corrected chi connectivity index (χ4v) is 5.38. The van der Waals surface area contributed by atoms with Crippen molar-refractivity contribution < 1.29 is 12.4 Å². The Hall–Kier alpha value is -3.07. The minimum absolute atomic E-state index is 0. The van der Waals surface area contributed by atoms with Gasteiger partial charge in [-0.2, -0.15) is 0 Å². The summed E-state index contributed by atoms with van der Waals surface area (Å²) in [5, 5.41) is 6.68. The van der Waals surface area contributed by atoms with E-state index in [9.17, 15) is 4.79 Å². The number of ether oxygens (including phenoxy) is 1. The molecule has 3 heterocycles. The van der Waals surface area contributed by atoms with E-state index in [0.29, 0.717) is 16.9 Å². The average molecular weight is 595 g/mol. The summed E-state index contributed by atoms with van der Waals surface area (Å²) in [6.07, 6.45) is 6.64. The molecule has 8 nitrogen and oxygen atoms in total. The predicted molar refractivity (Wildman–Crippen MR) is 183 cm³/mol. The van der Waals surface area contributed by atoms with Crippen LogP contribution in [-0.2, 0) is 17.7 Å². The zero-order valence-electron chi connectivity index (χ0n) is 27.9. The van der Waals surface area contributed by atoms with Crippen molar-refractivity contribution in [3.63, 3.8) is 0 Å². The highest BCUT2D eigenvalue weighted by Crippen LogP contribution is 2.38. The molecular formula is C35H58N6O2. The number of allylic oxidation sites excluding steroid dienone is 1. The molecule has 1 amide bonds. The number of hydrogen-bond donors (Lipinski definition) is 2. The van der Waals surface area contributed by atoms with Crippen LogP contribution in [0.5, 0.6) is 0 Å². The van der Waals surface area contributed by atoms with Gasteiger partial charge in [0.1, 0.15) is 0 Å². The van der Waals surface area contributed by atoms with Crippen LogP contribution in [0.3, 0.4) is 0 Å². The van der Waals surface area contributed by atoms with Crippen LogP contribution in [0, 0.1) is 11.3 Å². The summed E-state index contributed by atoms with van der Waals surface area (Å²) in [5.41, 5.74) is 6.09. The number of nitrogens with zero attached hydrogens (tertiary/aromatic N) is 4. The number of nitrogens with one attached hydrogen (secondary N) is 2. The van der Waals surface area contributed by atoms with Crippen LogP contribution in [-0.4, -0.2) is 72.8 Å². The van der Waals surface area contributed by atoms with Crippen molar-refractivity contribution in [1.29, 1.82) is 0 Å². The standard InChI is InChI=1S/C33H48N6O2.C2H6.2H2/c1-8-26-13-28(16-35-31(26)18-39-19-33(20-39)21-41-22-33)32(40)37-29-12-10-11-27(14-29)25(6)36-24(5)15-34-30(23(3)4)17-38(7)9-2;1-2;;/h10-17,23-25,36H,8-9,18-22H2,1-7H3,(H,37,40);1-2H3;2*1H/b30-17+,34-15?;;;/t24?,25-;;;/m0.../s1. The van der Waals surface area contributed by atoms with Crippen molar-refractivity contribution >= 4 is 17.8 Å². The van der Waals surface area contributed by atoms with Gasteiger partial charge >= 0.3 is 0 Å². The first-order valence-electron chi connectivity index (χ1n) is 16.0. The molecule has 0 saturated carbocycles. The Kier molecular flexibility index (Phi) is 12.9. The van der Waals surface area contributed by atoms with Crippen molar-refractivity contribution in [3.05, 3.63) is 70.8 Å². The second-order valence-corrected chi connectivity index (χ2v) is 12.1. The van der Waals surface area contributed by atoms with E-state index in [2.05, 4.69) is 81.3 Å². The number of aliphatic imine (C=N–C) groups is 1. The SMILES string of the molecule is CC.CCc1cc(C(=O)Nc2cccc([C@H](C)NC(C)C=N/C(=C/N(C)CC)C(C)C)c2)cnc1CN1CC2(COC2)C1.[HH].[HH]. The van der Waals surface area contributed by atoms with Gasteiger partial charge in [0.2, 0.25) is 0 Å². The first-order chi connectivity index (χ1) is 20.6. The lowest BCUT2D eigenvalue weighted by molar-refractivity contribution is -0.191. The first-order valence-corrected chi connectivity index (χ1v) is 16.0. The molecule has 2 aromatic rings. The fourth-order valence-electron chi connectivity index (χ4n) is 5.38. The fraction of sp³-hybridized carbons (Fsp3) is 0.571. The highest BCUT2D eigenvalue weighted by atomic mass is 16.5. The normalized spacial score (nSPS) is 17.6. The number of likely N-dealkylation sites (tertiary alicyclic amines) is 1. The van der Waals surface area contributed by atoms with Crippen molar-refractivity contribution in [2.45, 2.75) is 80.4 Å². The molecule has 0 bridgehead atoms. The molecule has 0 aliphatic carbocycles. The summed E-state index contributed by atoms with van der Waals surface area (Å²) < 4.78 is 5.39. The van der Waals surface area contributed by atoms with Gasteiger partial charge in [-0.25, -0.2) is 0 Å². The smallest absolute Gasteiger partial charge is 0.257 e. The Morgan fingerprint density at radius 1 is 1.19 bits per heavy atom. The van der Waals surface area contributed by atoms with Crippen LogP contribution in [0.25, 0.3) is 0 Å². The van der Waals surface area contributed by atoms with E-state index in [-0.39, 0.29) is 20.8 Å². The molecule has 2 aliphatic rings. The maximum atomic E-state index is 13.2. The molecule has 1 aromatic heterocycles. The molecule has 240 valence electrons. The Labute approximate surface area is 263 Å². The number of aryl methyl sites for hydroxylation is 1. The lowest BCUT2D eigenvalue weighted by Gasteiger charge is -2.55. The van der Waals surface area contributed by atoms with Crippen molar-refractivity contribution in [2.75, 3.05) is 45.2 Å². The number of anilines is 1. The van der Waals surface area contributed by atoms with Crippen molar-refractivity contribution in [3.8, 4) is 0 Å². The molecule has 2 aliphatic heterocycles. The molecule has 2 atom stereocenters. The summed E-state index contributed by atoms with van der Waals surface area (Å²) >= 11 is 0. The first kappa shape index (κ1) is 34.4. The van der Waals surface area contributed by atoms with Gasteiger partial charge in [0.15, 0.2) is 0 Å². The van der Waals surface area contributed by atoms with Gasteiger partial charge in [-0.1, -0.05) is 46.8 Å². The molecule has 2 N–H and O–H groups in total. The summed E-state index contributed by atoms with van der Waals surface area (Å²) in [6.45, 7) is 22.5. The van der Waals surface area contributed by atoms with Crippen LogP contribution < -0.4 is 10.6 Å². The van der Waals surface area contributed by atoms with E-state index in [1.807, 2.05) is 44.3 Å². The highest BCUT2D eigenvalue weighted by Gasteiger charge is 2.48. The molecule has 4 rings (SSSR count). The van der Waals surface area contributed by atoms with Crippen LogP contribution in [0.1, 0.15) is 91.5 Å². The molecule has 1 aromatic carbocycles. The third-order valence-electron chi connectivity index (χ3n) is 8.06. The lowest BCUT2D eigenvalue weighted by Crippen LogP contribution is -2.65. The summed E-state index contributed by atoms with van der Waals surface area (Å²) in [7, 11) is 2.07. The van der Waals surface area contributed by atoms with E-state index in [1.165, 1.54) is 0 Å². The van der Waals surface area contributed by atoms with Crippen LogP contribution in [0.4, 0.5) is 5.69 Å². The Balaban J connectivity index is 0.00000248. The number of carbonyl (C=O) groups excluding carboxylic acids is 1. The van der Waals surface area contributed by atoms with Crippen LogP contribution in [0.15, 0.2) is 53.4 Å². The van der Waals surface area contributed by atoms with Gasteiger partial charge in [0.05, 0.1) is 30.2 Å². The topological polar surface area (TPSA) is 82.1 Å². The number of pyridine rings is 1. The zero-order chi connectivity index (χ0) is 31.6. The largest absolute Gasteiger partial charge is 0.380 e. The summed E-state index contributed by atoms with van der Waals surface area (Å²) in [5.74, 6) is 0.206. The van der Waals surface area contributed by atoms with Crippen molar-refractivity contribution in [1.82, 2.24) is 20.1 Å². The second kappa shape index (κ2) is 16.1. The molecule has 0 radical (unpaired) electrons. The molecule has 1 unspecified atom stereocenters. The van der Waals surface area contributed by atoms with E-state index in [1.54, 1.807) is 6.20 Å². The number of aromatic nitrogens is 1. The van der Waals surface area contributed by atoms with Gasteiger partial charge in [0, 0.05) is 77.9 Å². The minimum atomic E-state index is -0.142. The van der Waals surface area contributed by atoms with Crippen LogP contribution >= 0.6 is 0 Å². The van der Waals surface area contributed by atoms with Gasteiger partial charge in [0.25, 0.3) is 5.91 Å². The third-order valence-corrected chi connectivity index (χ3v) is 8.06. The summed E-state index contributed by atoms with van der Waals surface area (Å²) in [4.78, 5) is 27.2. The van der Waals surface area contributed by atoms with E-state index in [4.69, 9.17) is 14.7 Å². The molecule has 8 heteroatoms. The second-order valence-electron chi connectivity index (χ2n) is 12.1. The zero-order valence-corrected chi connectivity index (χ0v) is 27.9. The van der Waals surface area contributed by atoms with Gasteiger partial charge < -0.3 is 20.3 Å². The Morgan fingerprint density at radius 2 is 1.91 bits per heavy atom. The Morgan fingerprint density at radius 3 is 2.51 bits per heavy atom. The van der Waals surface area contributed by atoms with E-state index in [0.717, 1.165) is 74.0 Å². The molecule has 2 saturated heterocycles. The van der Waals surface area contributed by atoms with Gasteiger partial charge in [-0.05, 0) is 62.4 Å². The minimum Gasteiger partial charge on any atom is -0.380 e. The number of hydrogen-bond acceptors (Lipinski definition) is 7. The highest BCUT2D eigenvalue weighted by molar-refractivity contribution is 6.04. The molecule has 2 fully saturated rings. The number of rotatable bonds is 13. The number of amides is 1. The maximum Gasteiger partial charge on any atom is 0.257 e. The van der Waals surface area contributed by atoms with E-state index >= 15 is 0 Å². The quantitative estimate of drug-likeness (QED) is 0.248. The third kappa shape index (κ3) is 9.46. The molecule has 43 heavy (non-hydrogen) atoms. The van der Waals surface area contributed by atoms with Gasteiger partial charge in [-0.3, -0.25) is 19.7 Å². The monoisotopic (exact) mass is 594 g/mol. The number of carbonyl (C=O) groups is 1. The molecular weight excluding hydrogens is 536 g/mol. The van der Waals surface area contributed by atoms with Crippen molar-refractivity contribution in [2.24, 2.45) is 16.3 Å². The maximum absolute atomic E-state index is 13.2. The predicted octanol–water partition coefficient (Wildman–Crippen LogP) is 6.81. The van der Waals surface area contributed by atoms with Gasteiger partial charge in [-0.15, -0.1) is 0 Å². The van der Waals surface area contributed by atoms with E-state index < -0.39 is 0 Å². The average Bonchev–Trinajstić information content (AvgIpc) is 2.96. The van der Waals surface area contributed by atoms with Crippen LogP contribution in [0.2, 0.25) is 0 Å². The Bertz CT molecular complexity index is 1260. The molecule has 1 spiro atoms. The summed E-state index contributed by atoms with van der Waals surface area (Å²) in [6, 6.07) is 10.2. The lowest BCUT2D eigenvalue weighted by atomic mass is 9.78. The number of benzene rings is 1.